The molecule has 0 spiro atoms. The standard InChI is InChI=1S/C13H14N2O2/c1-8(2)10(7-14)5-9-3-4-11-12(6-9)17-13(16)15-11/h3-4,6,8,10H,5H2,1-2H3,(H,15,16). The van der Waals surface area contributed by atoms with E-state index in [1.165, 1.54) is 0 Å². The number of aromatic amines is 1. The first-order chi connectivity index (χ1) is 8.10. The summed E-state index contributed by atoms with van der Waals surface area (Å²) < 4.78 is 4.99. The van der Waals surface area contributed by atoms with E-state index < -0.39 is 5.76 Å². The minimum absolute atomic E-state index is 0.0156. The molecule has 0 aliphatic carbocycles. The zero-order chi connectivity index (χ0) is 12.4. The molecule has 0 fully saturated rings. The first-order valence-electron chi connectivity index (χ1n) is 5.61. The van der Waals surface area contributed by atoms with Gasteiger partial charge >= 0.3 is 5.76 Å². The summed E-state index contributed by atoms with van der Waals surface area (Å²) in [4.78, 5) is 13.6. The van der Waals surface area contributed by atoms with Gasteiger partial charge in [0.05, 0.1) is 17.5 Å². The molecular formula is C13H14N2O2. The lowest BCUT2D eigenvalue weighted by Gasteiger charge is -2.12. The fourth-order valence-corrected chi connectivity index (χ4v) is 1.80. The van der Waals surface area contributed by atoms with Gasteiger partial charge in [-0.1, -0.05) is 19.9 Å². The molecule has 1 aromatic carbocycles. The number of aromatic nitrogens is 1. The summed E-state index contributed by atoms with van der Waals surface area (Å²) in [6.07, 6.45) is 0.680. The Bertz CT molecular complexity index is 616. The van der Waals surface area contributed by atoms with Crippen molar-refractivity contribution in [2.45, 2.75) is 20.3 Å². The van der Waals surface area contributed by atoms with Crippen LogP contribution in [0.15, 0.2) is 27.4 Å². The number of nitrogens with zero attached hydrogens (tertiary/aromatic N) is 1. The number of oxazole rings is 1. The van der Waals surface area contributed by atoms with Gasteiger partial charge in [0.1, 0.15) is 0 Å². The lowest BCUT2D eigenvalue weighted by Crippen LogP contribution is -2.09. The maximum atomic E-state index is 11.0. The third-order valence-corrected chi connectivity index (χ3v) is 2.91. The molecule has 17 heavy (non-hydrogen) atoms. The number of nitriles is 1. The SMILES string of the molecule is CC(C)C(C#N)Cc1ccc2[nH]c(=O)oc2c1. The van der Waals surface area contributed by atoms with Crippen molar-refractivity contribution < 1.29 is 4.42 Å². The molecule has 2 aromatic rings. The zero-order valence-corrected chi connectivity index (χ0v) is 9.86. The minimum atomic E-state index is -0.446. The number of fused-ring (bicyclic) bond motifs is 1. The third kappa shape index (κ3) is 2.39. The average Bonchev–Trinajstić information content (AvgIpc) is 2.64. The van der Waals surface area contributed by atoms with Crippen molar-refractivity contribution >= 4 is 11.1 Å². The van der Waals surface area contributed by atoms with Crippen LogP contribution < -0.4 is 5.76 Å². The minimum Gasteiger partial charge on any atom is -0.408 e. The normalized spacial score (nSPS) is 12.8. The van der Waals surface area contributed by atoms with Crippen LogP contribution in [0.2, 0.25) is 0 Å². The topological polar surface area (TPSA) is 69.8 Å². The fourth-order valence-electron chi connectivity index (χ4n) is 1.80. The Balaban J connectivity index is 2.30. The first kappa shape index (κ1) is 11.5. The molecule has 88 valence electrons. The van der Waals surface area contributed by atoms with Gasteiger partial charge in [0.2, 0.25) is 0 Å². The zero-order valence-electron chi connectivity index (χ0n) is 9.86. The molecule has 1 atom stereocenters. The second kappa shape index (κ2) is 4.46. The van der Waals surface area contributed by atoms with E-state index in [-0.39, 0.29) is 5.92 Å². The number of H-pyrrole nitrogens is 1. The Morgan fingerprint density at radius 3 is 2.88 bits per heavy atom. The lowest BCUT2D eigenvalue weighted by molar-refractivity contribution is 0.473. The molecule has 0 saturated heterocycles. The van der Waals surface area contributed by atoms with Crippen LogP contribution in [-0.4, -0.2) is 4.98 Å². The quantitative estimate of drug-likeness (QED) is 0.880. The van der Waals surface area contributed by atoms with Crippen LogP contribution in [0.1, 0.15) is 19.4 Å². The second-order valence-electron chi connectivity index (χ2n) is 4.53. The summed E-state index contributed by atoms with van der Waals surface area (Å²) in [5.41, 5.74) is 2.25. The van der Waals surface area contributed by atoms with Crippen LogP contribution in [0.5, 0.6) is 0 Å². The van der Waals surface area contributed by atoms with Gasteiger partial charge in [-0.05, 0) is 30.0 Å². The molecule has 0 radical (unpaired) electrons. The molecule has 2 rings (SSSR count). The average molecular weight is 230 g/mol. The number of rotatable bonds is 3. The van der Waals surface area contributed by atoms with Crippen LogP contribution in [0, 0.1) is 23.2 Å². The fraction of sp³-hybridized carbons (Fsp3) is 0.385. The van der Waals surface area contributed by atoms with E-state index in [4.69, 9.17) is 9.68 Å². The molecule has 1 aromatic heterocycles. The number of hydrogen-bond acceptors (Lipinski definition) is 3. The van der Waals surface area contributed by atoms with E-state index >= 15 is 0 Å². The highest BCUT2D eigenvalue weighted by Gasteiger charge is 2.13. The molecule has 4 nitrogen and oxygen atoms in total. The van der Waals surface area contributed by atoms with Gasteiger partial charge in [-0.25, -0.2) is 4.79 Å². The Morgan fingerprint density at radius 1 is 1.47 bits per heavy atom. The molecule has 0 aliphatic heterocycles. The van der Waals surface area contributed by atoms with Crippen molar-refractivity contribution in [2.24, 2.45) is 11.8 Å². The van der Waals surface area contributed by atoms with Gasteiger partial charge in [-0.2, -0.15) is 5.26 Å². The van der Waals surface area contributed by atoms with Gasteiger partial charge in [0.25, 0.3) is 0 Å². The summed E-state index contributed by atoms with van der Waals surface area (Å²) in [6.45, 7) is 4.06. The van der Waals surface area contributed by atoms with Crippen LogP contribution in [0.25, 0.3) is 11.1 Å². The molecule has 0 amide bonds. The summed E-state index contributed by atoms with van der Waals surface area (Å²) >= 11 is 0. The molecule has 0 saturated carbocycles. The maximum Gasteiger partial charge on any atom is 0.417 e. The van der Waals surface area contributed by atoms with Crippen molar-refractivity contribution in [1.29, 1.82) is 5.26 Å². The number of nitrogens with one attached hydrogen (secondary N) is 1. The van der Waals surface area contributed by atoms with Gasteiger partial charge in [-0.15, -0.1) is 0 Å². The number of hydrogen-bond donors (Lipinski definition) is 1. The van der Waals surface area contributed by atoms with Crippen molar-refractivity contribution in [3.63, 3.8) is 0 Å². The van der Waals surface area contributed by atoms with E-state index in [2.05, 4.69) is 11.1 Å². The maximum absolute atomic E-state index is 11.0. The smallest absolute Gasteiger partial charge is 0.408 e. The van der Waals surface area contributed by atoms with Gasteiger partial charge < -0.3 is 4.42 Å². The summed E-state index contributed by atoms with van der Waals surface area (Å²) in [5, 5.41) is 9.05. The Hall–Kier alpha value is -2.02. The number of benzene rings is 1. The van der Waals surface area contributed by atoms with Crippen molar-refractivity contribution in [1.82, 2.24) is 4.98 Å². The summed E-state index contributed by atoms with van der Waals surface area (Å²) in [6, 6.07) is 7.85. The van der Waals surface area contributed by atoms with Crippen LogP contribution >= 0.6 is 0 Å². The van der Waals surface area contributed by atoms with E-state index in [1.807, 2.05) is 32.0 Å². The largest absolute Gasteiger partial charge is 0.417 e. The Labute approximate surface area is 98.9 Å². The predicted molar refractivity (Wildman–Crippen MR) is 64.5 cm³/mol. The Morgan fingerprint density at radius 2 is 2.24 bits per heavy atom. The molecule has 4 heteroatoms. The molecule has 1 heterocycles. The highest BCUT2D eigenvalue weighted by atomic mass is 16.4. The molecular weight excluding hydrogens is 216 g/mol. The molecule has 1 unspecified atom stereocenters. The monoisotopic (exact) mass is 230 g/mol. The van der Waals surface area contributed by atoms with Crippen LogP contribution in [0.4, 0.5) is 0 Å². The lowest BCUT2D eigenvalue weighted by atomic mass is 9.90. The van der Waals surface area contributed by atoms with Crippen LogP contribution in [-0.2, 0) is 6.42 Å². The third-order valence-electron chi connectivity index (χ3n) is 2.91. The van der Waals surface area contributed by atoms with E-state index in [0.29, 0.717) is 23.4 Å². The van der Waals surface area contributed by atoms with Gasteiger partial charge in [0, 0.05) is 0 Å². The highest BCUT2D eigenvalue weighted by molar-refractivity contribution is 5.72. The molecule has 0 aliphatic rings. The van der Waals surface area contributed by atoms with E-state index in [1.54, 1.807) is 0 Å². The van der Waals surface area contributed by atoms with Crippen LogP contribution in [0.3, 0.4) is 0 Å². The molecule has 1 N–H and O–H groups in total. The van der Waals surface area contributed by atoms with Crippen molar-refractivity contribution in [3.05, 3.63) is 34.3 Å². The van der Waals surface area contributed by atoms with Gasteiger partial charge in [-0.3, -0.25) is 4.98 Å². The van der Waals surface area contributed by atoms with Crippen molar-refractivity contribution in [3.8, 4) is 6.07 Å². The Kier molecular flexibility index (Phi) is 3.01. The molecule has 0 bridgehead atoms. The highest BCUT2D eigenvalue weighted by Crippen LogP contribution is 2.19. The first-order valence-corrected chi connectivity index (χ1v) is 5.61. The summed E-state index contributed by atoms with van der Waals surface area (Å²) in [7, 11) is 0. The second-order valence-corrected chi connectivity index (χ2v) is 4.53. The predicted octanol–water partition coefficient (Wildman–Crippen LogP) is 2.46. The van der Waals surface area contributed by atoms with Gasteiger partial charge in [0.15, 0.2) is 5.58 Å². The summed E-state index contributed by atoms with van der Waals surface area (Å²) in [5.74, 6) is -0.148. The van der Waals surface area contributed by atoms with Crippen molar-refractivity contribution in [2.75, 3.05) is 0 Å². The van der Waals surface area contributed by atoms with E-state index in [9.17, 15) is 4.79 Å². The van der Waals surface area contributed by atoms with E-state index in [0.717, 1.165) is 5.56 Å².